The number of nitrogens with zero attached hydrogens (tertiary/aromatic N) is 1. The van der Waals surface area contributed by atoms with E-state index in [2.05, 4.69) is 0 Å². The minimum Gasteiger partial charge on any atom is -0.390 e. The first-order chi connectivity index (χ1) is 8.97. The average Bonchev–Trinajstić information content (AvgIpc) is 2.36. The number of ether oxygens (including phenoxy) is 1. The van der Waals surface area contributed by atoms with Crippen LogP contribution in [-0.4, -0.2) is 60.6 Å². The van der Waals surface area contributed by atoms with Crippen LogP contribution >= 0.6 is 0 Å². The standard InChI is InChI=1S/C13H23N2O4/c1-9(2)7-10(8-16)12(17)11(13(14)18)15-3-5-19-6-4-15/h9-12,17H,3-7H2,1-2H3,(H2,14,18)/t10-,11-,12?/m1/s1. The molecule has 0 aromatic rings. The number of primary amides is 1. The van der Waals surface area contributed by atoms with Crippen LogP contribution in [0.4, 0.5) is 0 Å². The predicted molar refractivity (Wildman–Crippen MR) is 70.0 cm³/mol. The van der Waals surface area contributed by atoms with E-state index < -0.39 is 24.0 Å². The number of nitrogens with two attached hydrogens (primary N) is 1. The highest BCUT2D eigenvalue weighted by atomic mass is 16.5. The van der Waals surface area contributed by atoms with Gasteiger partial charge in [0.05, 0.1) is 25.2 Å². The third-order valence-electron chi connectivity index (χ3n) is 3.34. The minimum absolute atomic E-state index is 0.235. The Labute approximate surface area is 113 Å². The summed E-state index contributed by atoms with van der Waals surface area (Å²) in [4.78, 5) is 24.4. The molecular weight excluding hydrogens is 248 g/mol. The Morgan fingerprint density at radius 1 is 1.42 bits per heavy atom. The van der Waals surface area contributed by atoms with Gasteiger partial charge in [-0.3, -0.25) is 14.5 Å². The van der Waals surface area contributed by atoms with E-state index in [-0.39, 0.29) is 5.92 Å². The summed E-state index contributed by atoms with van der Waals surface area (Å²) < 4.78 is 5.21. The second-order valence-corrected chi connectivity index (χ2v) is 5.34. The van der Waals surface area contributed by atoms with Gasteiger partial charge in [-0.05, 0) is 12.3 Å². The smallest absolute Gasteiger partial charge is 0.237 e. The molecule has 1 saturated heterocycles. The summed E-state index contributed by atoms with van der Waals surface area (Å²) in [5.41, 5.74) is 5.38. The minimum atomic E-state index is -1.12. The van der Waals surface area contributed by atoms with E-state index in [1.54, 1.807) is 4.90 Å². The van der Waals surface area contributed by atoms with Crippen LogP contribution in [0, 0.1) is 11.8 Å². The largest absolute Gasteiger partial charge is 0.390 e. The molecule has 0 bridgehead atoms. The van der Waals surface area contributed by atoms with Crippen molar-refractivity contribution in [2.45, 2.75) is 32.4 Å². The molecule has 0 saturated carbocycles. The van der Waals surface area contributed by atoms with Crippen molar-refractivity contribution in [2.24, 2.45) is 17.6 Å². The first kappa shape index (κ1) is 16.1. The summed E-state index contributed by atoms with van der Waals surface area (Å²) in [6, 6.07) is -0.853. The highest BCUT2D eigenvalue weighted by molar-refractivity contribution is 5.81. The average molecular weight is 271 g/mol. The number of carbonyl (C=O) groups excluding carboxylic acids is 2. The number of hydrogen-bond donors (Lipinski definition) is 2. The van der Waals surface area contributed by atoms with Crippen molar-refractivity contribution < 1.29 is 19.4 Å². The summed E-state index contributed by atoms with van der Waals surface area (Å²) >= 11 is 0. The topological polar surface area (TPSA) is 92.9 Å². The molecule has 6 nitrogen and oxygen atoms in total. The van der Waals surface area contributed by atoms with E-state index in [0.717, 1.165) is 0 Å². The fourth-order valence-electron chi connectivity index (χ4n) is 2.41. The number of carbonyl (C=O) groups is 1. The van der Waals surface area contributed by atoms with Crippen molar-refractivity contribution in [3.63, 3.8) is 0 Å². The number of amides is 1. The number of rotatable bonds is 7. The maximum Gasteiger partial charge on any atom is 0.237 e. The second kappa shape index (κ2) is 7.57. The highest BCUT2D eigenvalue weighted by Gasteiger charge is 2.37. The van der Waals surface area contributed by atoms with Gasteiger partial charge in [0, 0.05) is 13.1 Å². The molecule has 0 spiro atoms. The molecule has 1 fully saturated rings. The van der Waals surface area contributed by atoms with Crippen LogP contribution in [0.25, 0.3) is 0 Å². The van der Waals surface area contributed by atoms with Gasteiger partial charge >= 0.3 is 0 Å². The van der Waals surface area contributed by atoms with E-state index in [0.29, 0.717) is 32.7 Å². The van der Waals surface area contributed by atoms with Crippen molar-refractivity contribution in [1.29, 1.82) is 0 Å². The van der Waals surface area contributed by atoms with E-state index in [9.17, 15) is 14.7 Å². The summed E-state index contributed by atoms with van der Waals surface area (Å²) in [5.74, 6) is -1.07. The van der Waals surface area contributed by atoms with Crippen LogP contribution in [0.2, 0.25) is 0 Å². The molecular formula is C13H23N2O4. The Morgan fingerprint density at radius 2 is 2.00 bits per heavy atom. The van der Waals surface area contributed by atoms with Gasteiger partial charge in [-0.15, -0.1) is 0 Å². The van der Waals surface area contributed by atoms with Gasteiger partial charge in [0.1, 0.15) is 6.04 Å². The first-order valence-electron chi connectivity index (χ1n) is 6.64. The molecule has 0 aromatic heterocycles. The molecule has 1 rings (SSSR count). The fraction of sp³-hybridized carbons (Fsp3) is 0.846. The zero-order valence-electron chi connectivity index (χ0n) is 11.5. The summed E-state index contributed by atoms with van der Waals surface area (Å²) in [5, 5.41) is 10.3. The highest BCUT2D eigenvalue weighted by Crippen LogP contribution is 2.19. The molecule has 109 valence electrons. The van der Waals surface area contributed by atoms with E-state index in [1.807, 2.05) is 20.1 Å². The normalized spacial score (nSPS) is 21.9. The Morgan fingerprint density at radius 3 is 2.42 bits per heavy atom. The lowest BCUT2D eigenvalue weighted by molar-refractivity contribution is -0.131. The van der Waals surface area contributed by atoms with Crippen molar-refractivity contribution >= 4 is 12.2 Å². The molecule has 1 unspecified atom stereocenters. The lowest BCUT2D eigenvalue weighted by atomic mass is 9.88. The second-order valence-electron chi connectivity index (χ2n) is 5.34. The van der Waals surface area contributed by atoms with Gasteiger partial charge in [-0.1, -0.05) is 13.8 Å². The van der Waals surface area contributed by atoms with Crippen molar-refractivity contribution in [3.05, 3.63) is 0 Å². The first-order valence-corrected chi connectivity index (χ1v) is 6.64. The van der Waals surface area contributed by atoms with Gasteiger partial charge in [-0.2, -0.15) is 0 Å². The van der Waals surface area contributed by atoms with Gasteiger partial charge in [0.25, 0.3) is 0 Å². The third-order valence-corrected chi connectivity index (χ3v) is 3.34. The van der Waals surface area contributed by atoms with Gasteiger partial charge in [-0.25, -0.2) is 0 Å². The lowest BCUT2D eigenvalue weighted by Gasteiger charge is -2.36. The van der Waals surface area contributed by atoms with E-state index in [4.69, 9.17) is 10.5 Å². The van der Waals surface area contributed by atoms with Crippen molar-refractivity contribution in [1.82, 2.24) is 4.90 Å². The maximum absolute atomic E-state index is 11.6. The Hall–Kier alpha value is -0.980. The number of morpholine rings is 1. The molecule has 1 aliphatic rings. The zero-order chi connectivity index (χ0) is 14.4. The molecule has 3 atom stereocenters. The molecule has 1 heterocycles. The van der Waals surface area contributed by atoms with Crippen LogP contribution in [0.5, 0.6) is 0 Å². The Bertz CT molecular complexity index is 303. The summed E-state index contributed by atoms with van der Waals surface area (Å²) in [6.45, 7) is 5.94. The Balaban J connectivity index is 2.78. The quantitative estimate of drug-likeness (QED) is 0.639. The number of aliphatic hydroxyl groups is 1. The van der Waals surface area contributed by atoms with Crippen LogP contribution in [0.15, 0.2) is 0 Å². The maximum atomic E-state index is 11.6. The number of aliphatic hydroxyl groups excluding tert-OH is 1. The van der Waals surface area contributed by atoms with E-state index in [1.165, 1.54) is 0 Å². The Kier molecular flexibility index (Phi) is 6.41. The SMILES string of the molecule is CC(C)C[C@H]([C]=O)C(O)[C@H](C(N)=O)N1CCOCC1. The predicted octanol–water partition coefficient (Wildman–Crippen LogP) is -0.695. The van der Waals surface area contributed by atoms with Gasteiger partial charge < -0.3 is 15.6 Å². The van der Waals surface area contributed by atoms with Gasteiger partial charge in [0.15, 0.2) is 0 Å². The van der Waals surface area contributed by atoms with Crippen LogP contribution < -0.4 is 5.73 Å². The molecule has 6 heteroatoms. The van der Waals surface area contributed by atoms with E-state index >= 15 is 0 Å². The van der Waals surface area contributed by atoms with Crippen LogP contribution in [0.1, 0.15) is 20.3 Å². The van der Waals surface area contributed by atoms with Crippen molar-refractivity contribution in [2.75, 3.05) is 26.3 Å². The summed E-state index contributed by atoms with van der Waals surface area (Å²) in [6.07, 6.45) is 1.21. The monoisotopic (exact) mass is 271 g/mol. The molecule has 1 aliphatic heterocycles. The number of hydrogen-bond acceptors (Lipinski definition) is 5. The lowest BCUT2D eigenvalue weighted by Crippen LogP contribution is -2.57. The van der Waals surface area contributed by atoms with Crippen molar-refractivity contribution in [3.8, 4) is 0 Å². The molecule has 19 heavy (non-hydrogen) atoms. The molecule has 0 aliphatic carbocycles. The molecule has 1 amide bonds. The van der Waals surface area contributed by atoms with Gasteiger partial charge in [0.2, 0.25) is 12.2 Å². The fourth-order valence-corrected chi connectivity index (χ4v) is 2.41. The van der Waals surface area contributed by atoms with Crippen LogP contribution in [-0.2, 0) is 14.3 Å². The zero-order valence-corrected chi connectivity index (χ0v) is 11.5. The molecule has 3 N–H and O–H groups in total. The molecule has 1 radical (unpaired) electrons. The molecule has 0 aromatic carbocycles. The third kappa shape index (κ3) is 4.56. The van der Waals surface area contributed by atoms with Crippen LogP contribution in [0.3, 0.4) is 0 Å². The summed E-state index contributed by atoms with van der Waals surface area (Å²) in [7, 11) is 0.